The van der Waals surface area contributed by atoms with E-state index in [1.54, 1.807) is 18.5 Å². The average Bonchev–Trinajstić information content (AvgIpc) is 2.76. The highest BCUT2D eigenvalue weighted by Gasteiger charge is 2.39. The van der Waals surface area contributed by atoms with Crippen molar-refractivity contribution in [3.05, 3.63) is 78.8 Å². The monoisotopic (exact) mass is 544 g/mol. The standard InChI is InChI=1S/C22H18Br2N4O3/c23-15-10-17(24)19(26-11-15)22(13-25)4-7-27(8-5-22)12-14-9-16(21(30)31)20(29)28-6-2-1-3-18(14)28/h1-3,6,9-11H,4-5,7-8,12H2,(H,30,31). The van der Waals surface area contributed by atoms with Crippen LogP contribution in [0.2, 0.25) is 0 Å². The zero-order valence-corrected chi connectivity index (χ0v) is 19.6. The van der Waals surface area contributed by atoms with Crippen LogP contribution in [0, 0.1) is 11.3 Å². The van der Waals surface area contributed by atoms with E-state index in [-0.39, 0.29) is 5.56 Å². The van der Waals surface area contributed by atoms with Crippen molar-refractivity contribution < 1.29 is 9.90 Å². The van der Waals surface area contributed by atoms with Crippen molar-refractivity contribution in [2.75, 3.05) is 13.1 Å². The molecule has 0 atom stereocenters. The molecule has 1 N–H and O–H groups in total. The number of halogens is 2. The molecule has 0 radical (unpaired) electrons. The van der Waals surface area contributed by atoms with Crippen LogP contribution in [0.3, 0.4) is 0 Å². The van der Waals surface area contributed by atoms with Crippen molar-refractivity contribution in [3.8, 4) is 6.07 Å². The summed E-state index contributed by atoms with van der Waals surface area (Å²) in [6.45, 7) is 1.79. The molecule has 1 fully saturated rings. The number of fused-ring (bicyclic) bond motifs is 1. The van der Waals surface area contributed by atoms with Crippen LogP contribution in [0.4, 0.5) is 0 Å². The lowest BCUT2D eigenvalue weighted by atomic mass is 9.76. The maximum Gasteiger partial charge on any atom is 0.341 e. The number of likely N-dealkylation sites (tertiary alicyclic amines) is 1. The lowest BCUT2D eigenvalue weighted by molar-refractivity contribution is 0.0694. The Labute approximate surface area is 195 Å². The Bertz CT molecular complexity index is 1270. The summed E-state index contributed by atoms with van der Waals surface area (Å²) in [5.74, 6) is -1.24. The van der Waals surface area contributed by atoms with E-state index in [1.807, 2.05) is 18.2 Å². The van der Waals surface area contributed by atoms with E-state index in [1.165, 1.54) is 10.5 Å². The SMILES string of the molecule is N#CC1(c2ncc(Br)cc2Br)CCN(Cc2cc(C(=O)O)c(=O)n3ccccc23)CC1. The van der Waals surface area contributed by atoms with Crippen LogP contribution in [0.25, 0.3) is 5.52 Å². The van der Waals surface area contributed by atoms with E-state index in [9.17, 15) is 20.0 Å². The van der Waals surface area contributed by atoms with Crippen LogP contribution in [-0.2, 0) is 12.0 Å². The fourth-order valence-electron chi connectivity index (χ4n) is 4.10. The molecule has 158 valence electrons. The molecular formula is C22H18Br2N4O3. The number of rotatable bonds is 4. The minimum Gasteiger partial charge on any atom is -0.477 e. The second-order valence-corrected chi connectivity index (χ2v) is 9.37. The summed E-state index contributed by atoms with van der Waals surface area (Å²) in [6, 6.07) is 11.2. The van der Waals surface area contributed by atoms with E-state index in [4.69, 9.17) is 0 Å². The summed E-state index contributed by atoms with van der Waals surface area (Å²) in [6.07, 6.45) is 4.49. The first-order valence-corrected chi connectivity index (χ1v) is 11.2. The molecule has 0 bridgehead atoms. The second-order valence-electron chi connectivity index (χ2n) is 7.60. The number of nitriles is 1. The molecule has 1 aliphatic rings. The fourth-order valence-corrected chi connectivity index (χ4v) is 5.47. The molecule has 0 aromatic carbocycles. The largest absolute Gasteiger partial charge is 0.477 e. The summed E-state index contributed by atoms with van der Waals surface area (Å²) >= 11 is 6.94. The smallest absolute Gasteiger partial charge is 0.341 e. The number of nitrogens with zero attached hydrogens (tertiary/aromatic N) is 4. The van der Waals surface area contributed by atoms with E-state index in [0.717, 1.165) is 20.2 Å². The van der Waals surface area contributed by atoms with Gasteiger partial charge in [0.2, 0.25) is 0 Å². The van der Waals surface area contributed by atoms with Crippen LogP contribution >= 0.6 is 31.9 Å². The number of hydrogen-bond acceptors (Lipinski definition) is 5. The van der Waals surface area contributed by atoms with Gasteiger partial charge in [-0.05, 0) is 74.5 Å². The third-order valence-electron chi connectivity index (χ3n) is 5.77. The van der Waals surface area contributed by atoms with Gasteiger partial charge in [0.25, 0.3) is 5.56 Å². The normalized spacial score (nSPS) is 16.2. The Balaban J connectivity index is 1.61. The van der Waals surface area contributed by atoms with Crippen molar-refractivity contribution in [3.63, 3.8) is 0 Å². The predicted molar refractivity (Wildman–Crippen MR) is 122 cm³/mol. The summed E-state index contributed by atoms with van der Waals surface area (Å²) in [7, 11) is 0. The van der Waals surface area contributed by atoms with Gasteiger partial charge in [-0.15, -0.1) is 0 Å². The summed E-state index contributed by atoms with van der Waals surface area (Å²) < 4.78 is 3.02. The molecule has 3 aromatic rings. The lowest BCUT2D eigenvalue weighted by Crippen LogP contribution is -2.42. The number of hydrogen-bond donors (Lipinski definition) is 1. The quantitative estimate of drug-likeness (QED) is 0.532. The number of carbonyl (C=O) groups is 1. The molecule has 1 saturated heterocycles. The highest BCUT2D eigenvalue weighted by atomic mass is 79.9. The lowest BCUT2D eigenvalue weighted by Gasteiger charge is -2.37. The third-order valence-corrected chi connectivity index (χ3v) is 6.80. The van der Waals surface area contributed by atoms with Crippen LogP contribution in [0.15, 0.2) is 56.5 Å². The van der Waals surface area contributed by atoms with Gasteiger partial charge in [0.15, 0.2) is 0 Å². The van der Waals surface area contributed by atoms with Crippen molar-refractivity contribution in [1.29, 1.82) is 5.26 Å². The van der Waals surface area contributed by atoms with Gasteiger partial charge in [0.05, 0.1) is 17.3 Å². The first-order chi connectivity index (χ1) is 14.8. The molecule has 1 aliphatic heterocycles. The summed E-state index contributed by atoms with van der Waals surface area (Å²) in [4.78, 5) is 30.7. The maximum absolute atomic E-state index is 12.5. The maximum atomic E-state index is 12.5. The van der Waals surface area contributed by atoms with Crippen LogP contribution in [-0.4, -0.2) is 38.4 Å². The van der Waals surface area contributed by atoms with E-state index in [2.05, 4.69) is 47.8 Å². The zero-order valence-electron chi connectivity index (χ0n) is 16.4. The zero-order chi connectivity index (χ0) is 22.2. The molecule has 3 aromatic heterocycles. The first-order valence-electron chi connectivity index (χ1n) is 9.66. The number of carboxylic acid groups (broad SMARTS) is 1. The van der Waals surface area contributed by atoms with Gasteiger partial charge >= 0.3 is 5.97 Å². The molecule has 0 unspecified atom stereocenters. The Morgan fingerprint density at radius 3 is 2.65 bits per heavy atom. The van der Waals surface area contributed by atoms with E-state index < -0.39 is 16.9 Å². The van der Waals surface area contributed by atoms with Gasteiger partial charge < -0.3 is 5.11 Å². The highest BCUT2D eigenvalue weighted by Crippen LogP contribution is 2.38. The third kappa shape index (κ3) is 4.03. The number of piperidine rings is 1. The van der Waals surface area contributed by atoms with Crippen molar-refractivity contribution in [1.82, 2.24) is 14.3 Å². The minimum atomic E-state index is -1.24. The fraction of sp³-hybridized carbons (Fsp3) is 0.273. The van der Waals surface area contributed by atoms with Gasteiger partial charge in [-0.3, -0.25) is 19.1 Å². The average molecular weight is 546 g/mol. The van der Waals surface area contributed by atoms with Crippen molar-refractivity contribution >= 4 is 43.3 Å². The molecular weight excluding hydrogens is 528 g/mol. The molecule has 0 aliphatic carbocycles. The molecule has 7 nitrogen and oxygen atoms in total. The number of carboxylic acids is 1. The number of aromatic nitrogens is 2. The van der Waals surface area contributed by atoms with Crippen LogP contribution < -0.4 is 5.56 Å². The molecule has 0 amide bonds. The Hall–Kier alpha value is -2.54. The number of aromatic carboxylic acids is 1. The predicted octanol–water partition coefficient (Wildman–Crippen LogP) is 3.98. The van der Waals surface area contributed by atoms with E-state index in [0.29, 0.717) is 38.0 Å². The van der Waals surface area contributed by atoms with Crippen molar-refractivity contribution in [2.24, 2.45) is 0 Å². The minimum absolute atomic E-state index is 0.245. The Kier molecular flexibility index (Phi) is 5.97. The molecule has 4 heterocycles. The highest BCUT2D eigenvalue weighted by molar-refractivity contribution is 9.11. The van der Waals surface area contributed by atoms with Gasteiger partial charge in [-0.25, -0.2) is 4.79 Å². The first kappa shape index (κ1) is 21.7. The van der Waals surface area contributed by atoms with Crippen molar-refractivity contribution in [2.45, 2.75) is 24.8 Å². The van der Waals surface area contributed by atoms with Gasteiger partial charge in [-0.1, -0.05) is 6.07 Å². The topological polar surface area (TPSA) is 98.7 Å². The van der Waals surface area contributed by atoms with Crippen LogP contribution in [0.1, 0.15) is 34.5 Å². The molecule has 31 heavy (non-hydrogen) atoms. The molecule has 9 heteroatoms. The summed E-state index contributed by atoms with van der Waals surface area (Å²) in [5, 5.41) is 19.4. The van der Waals surface area contributed by atoms with Gasteiger partial charge in [0, 0.05) is 41.0 Å². The Morgan fingerprint density at radius 1 is 1.26 bits per heavy atom. The second kappa shape index (κ2) is 8.54. The summed E-state index contributed by atoms with van der Waals surface area (Å²) in [5.41, 5.74) is 0.725. The van der Waals surface area contributed by atoms with Crippen LogP contribution in [0.5, 0.6) is 0 Å². The van der Waals surface area contributed by atoms with Gasteiger partial charge in [-0.2, -0.15) is 5.26 Å². The molecule has 0 saturated carbocycles. The molecule has 4 rings (SSSR count). The molecule has 0 spiro atoms. The Morgan fingerprint density at radius 2 is 2.00 bits per heavy atom. The number of pyridine rings is 3. The van der Waals surface area contributed by atoms with E-state index >= 15 is 0 Å². The van der Waals surface area contributed by atoms with Gasteiger partial charge in [0.1, 0.15) is 11.0 Å².